The van der Waals surface area contributed by atoms with E-state index in [2.05, 4.69) is 14.9 Å². The summed E-state index contributed by atoms with van der Waals surface area (Å²) in [4.78, 5) is 13.5. The number of hydrogen-bond acceptors (Lipinski definition) is 6. The van der Waals surface area contributed by atoms with Crippen molar-refractivity contribution in [3.8, 4) is 5.69 Å². The van der Waals surface area contributed by atoms with E-state index < -0.39 is 15.9 Å². The van der Waals surface area contributed by atoms with Crippen LogP contribution in [0.15, 0.2) is 53.7 Å². The van der Waals surface area contributed by atoms with Crippen LogP contribution in [0.1, 0.15) is 15.4 Å². The fourth-order valence-electron chi connectivity index (χ4n) is 2.67. The second-order valence-electron chi connectivity index (χ2n) is 5.95. The molecule has 4 rings (SSSR count). The van der Waals surface area contributed by atoms with Crippen LogP contribution in [0.25, 0.3) is 15.9 Å². The molecule has 1 amide bonds. The molecule has 0 aliphatic carbocycles. The van der Waals surface area contributed by atoms with Gasteiger partial charge in [-0.2, -0.15) is 10.2 Å². The molecular weight excluding hydrogens is 386 g/mol. The summed E-state index contributed by atoms with van der Waals surface area (Å²) in [6.07, 6.45) is 2.52. The quantitative estimate of drug-likeness (QED) is 0.565. The lowest BCUT2D eigenvalue weighted by molar-refractivity contribution is 0.0985. The van der Waals surface area contributed by atoms with Gasteiger partial charge in [0.05, 0.1) is 22.5 Å². The first-order valence-corrected chi connectivity index (χ1v) is 10.3. The molecule has 4 aromatic rings. The van der Waals surface area contributed by atoms with E-state index in [1.54, 1.807) is 17.8 Å². The second-order valence-corrected chi connectivity index (χ2v) is 8.66. The summed E-state index contributed by atoms with van der Waals surface area (Å²) in [5.41, 5.74) is 1.63. The van der Waals surface area contributed by atoms with Crippen LogP contribution in [-0.2, 0) is 17.1 Å². The maximum absolute atomic E-state index is 12.5. The molecule has 1 N–H and O–H groups in total. The average Bonchev–Trinajstić information content (AvgIpc) is 3.32. The van der Waals surface area contributed by atoms with Crippen LogP contribution in [0.2, 0.25) is 0 Å². The van der Waals surface area contributed by atoms with Crippen LogP contribution >= 0.6 is 11.3 Å². The van der Waals surface area contributed by atoms with Crippen molar-refractivity contribution >= 4 is 37.5 Å². The van der Waals surface area contributed by atoms with Crippen molar-refractivity contribution < 1.29 is 13.2 Å². The van der Waals surface area contributed by atoms with Crippen molar-refractivity contribution in [2.24, 2.45) is 7.05 Å². The molecule has 0 spiro atoms. The number of carbonyl (C=O) groups is 1. The van der Waals surface area contributed by atoms with Gasteiger partial charge in [0.25, 0.3) is 15.9 Å². The predicted octanol–water partition coefficient (Wildman–Crippen LogP) is 2.25. The monoisotopic (exact) mass is 401 g/mol. The van der Waals surface area contributed by atoms with Crippen LogP contribution in [-0.4, -0.2) is 33.9 Å². The molecule has 0 unspecified atom stereocenters. The van der Waals surface area contributed by atoms with Gasteiger partial charge < -0.3 is 0 Å². The van der Waals surface area contributed by atoms with E-state index >= 15 is 0 Å². The smallest absolute Gasteiger partial charge is 0.274 e. The molecule has 138 valence electrons. The number of fused-ring (bicyclic) bond motifs is 1. The van der Waals surface area contributed by atoms with Gasteiger partial charge in [0.2, 0.25) is 0 Å². The lowest BCUT2D eigenvalue weighted by Gasteiger charge is -2.03. The third kappa shape index (κ3) is 3.13. The number of carbonyl (C=O) groups excluding carboxylic acids is 1. The number of thiophene rings is 1. The number of nitrogens with zero attached hydrogens (tertiary/aromatic N) is 4. The fraction of sp³-hybridized carbons (Fsp3) is 0.118. The van der Waals surface area contributed by atoms with E-state index in [0.29, 0.717) is 4.88 Å². The third-order valence-corrected chi connectivity index (χ3v) is 6.38. The van der Waals surface area contributed by atoms with Gasteiger partial charge in [-0.25, -0.2) is 17.8 Å². The van der Waals surface area contributed by atoms with Crippen LogP contribution in [0.5, 0.6) is 0 Å². The first kappa shape index (κ1) is 17.4. The standard InChI is InChI=1S/C17H15N5O3S2/c1-11-14-8-15(16(23)20-27(24,25)13-9-18-21(2)10-13)26-17(14)22(19-11)12-6-4-3-5-7-12/h3-10H,1-2H3,(H,20,23). The SMILES string of the molecule is Cc1nn(-c2ccccc2)c2sc(C(=O)NS(=O)(=O)c3cnn(C)c3)cc12. The molecule has 0 bridgehead atoms. The Bertz CT molecular complexity index is 1250. The normalized spacial score (nSPS) is 11.8. The molecule has 0 radical (unpaired) electrons. The minimum atomic E-state index is -3.98. The zero-order chi connectivity index (χ0) is 19.2. The van der Waals surface area contributed by atoms with Gasteiger partial charge in [0.15, 0.2) is 0 Å². The Hall–Kier alpha value is -2.98. The number of aromatic nitrogens is 4. The van der Waals surface area contributed by atoms with Gasteiger partial charge in [-0.15, -0.1) is 11.3 Å². The first-order valence-electron chi connectivity index (χ1n) is 7.95. The van der Waals surface area contributed by atoms with Crippen molar-refractivity contribution in [2.45, 2.75) is 11.8 Å². The minimum Gasteiger partial charge on any atom is -0.274 e. The summed E-state index contributed by atoms with van der Waals surface area (Å²) >= 11 is 1.19. The zero-order valence-electron chi connectivity index (χ0n) is 14.4. The zero-order valence-corrected chi connectivity index (χ0v) is 16.1. The Balaban J connectivity index is 1.69. The number of rotatable bonds is 4. The molecular formula is C17H15N5O3S2. The lowest BCUT2D eigenvalue weighted by atomic mass is 10.3. The highest BCUT2D eigenvalue weighted by Crippen LogP contribution is 2.30. The number of nitrogens with one attached hydrogen (secondary N) is 1. The molecule has 0 fully saturated rings. The molecule has 0 saturated heterocycles. The van der Waals surface area contributed by atoms with Crippen molar-refractivity contribution in [2.75, 3.05) is 0 Å². The van der Waals surface area contributed by atoms with Crippen LogP contribution in [0, 0.1) is 6.92 Å². The Morgan fingerprint density at radius 3 is 2.63 bits per heavy atom. The molecule has 3 aromatic heterocycles. The summed E-state index contributed by atoms with van der Waals surface area (Å²) in [5, 5.41) is 9.15. The van der Waals surface area contributed by atoms with Gasteiger partial charge in [-0.05, 0) is 25.1 Å². The van der Waals surface area contributed by atoms with Gasteiger partial charge in [0.1, 0.15) is 9.73 Å². The first-order chi connectivity index (χ1) is 12.8. The van der Waals surface area contributed by atoms with Crippen molar-refractivity contribution in [1.82, 2.24) is 24.3 Å². The Morgan fingerprint density at radius 1 is 1.22 bits per heavy atom. The average molecular weight is 401 g/mol. The van der Waals surface area contributed by atoms with E-state index in [1.807, 2.05) is 37.3 Å². The molecule has 27 heavy (non-hydrogen) atoms. The molecule has 0 aliphatic rings. The van der Waals surface area contributed by atoms with Crippen molar-refractivity contribution in [3.63, 3.8) is 0 Å². The highest BCUT2D eigenvalue weighted by molar-refractivity contribution is 7.90. The molecule has 0 saturated carbocycles. The highest BCUT2D eigenvalue weighted by atomic mass is 32.2. The number of hydrogen-bond donors (Lipinski definition) is 1. The van der Waals surface area contributed by atoms with Crippen LogP contribution in [0.4, 0.5) is 0 Å². The summed E-state index contributed by atoms with van der Waals surface area (Å²) in [7, 11) is -2.38. The number of sulfonamides is 1. The van der Waals surface area contributed by atoms with Crippen LogP contribution in [0.3, 0.4) is 0 Å². The summed E-state index contributed by atoms with van der Waals surface area (Å²) in [6.45, 7) is 1.85. The molecule has 0 atom stereocenters. The van der Waals surface area contributed by atoms with Gasteiger partial charge in [0, 0.05) is 18.6 Å². The number of para-hydroxylation sites is 1. The number of aryl methyl sites for hydroxylation is 2. The summed E-state index contributed by atoms with van der Waals surface area (Å²) in [5.74, 6) is -0.681. The molecule has 10 heteroatoms. The number of benzene rings is 1. The second kappa shape index (κ2) is 6.32. The van der Waals surface area contributed by atoms with E-state index in [4.69, 9.17) is 0 Å². The van der Waals surface area contributed by atoms with Crippen LogP contribution < -0.4 is 4.72 Å². The van der Waals surface area contributed by atoms with Gasteiger partial charge in [-0.1, -0.05) is 18.2 Å². The van der Waals surface area contributed by atoms with E-state index in [9.17, 15) is 13.2 Å². The maximum atomic E-state index is 12.5. The highest BCUT2D eigenvalue weighted by Gasteiger charge is 2.23. The van der Waals surface area contributed by atoms with Crippen molar-refractivity contribution in [1.29, 1.82) is 0 Å². The lowest BCUT2D eigenvalue weighted by Crippen LogP contribution is -2.29. The predicted molar refractivity (Wildman–Crippen MR) is 102 cm³/mol. The molecule has 1 aromatic carbocycles. The Labute approximate surface area is 159 Å². The summed E-state index contributed by atoms with van der Waals surface area (Å²) in [6, 6.07) is 11.2. The molecule has 0 aliphatic heterocycles. The largest absolute Gasteiger partial charge is 0.275 e. The van der Waals surface area contributed by atoms with Gasteiger partial charge >= 0.3 is 0 Å². The van der Waals surface area contributed by atoms with Gasteiger partial charge in [-0.3, -0.25) is 9.48 Å². The fourth-order valence-corrected chi connectivity index (χ4v) is 4.76. The topological polar surface area (TPSA) is 98.9 Å². The van der Waals surface area contributed by atoms with E-state index in [-0.39, 0.29) is 4.90 Å². The maximum Gasteiger partial charge on any atom is 0.275 e. The van der Waals surface area contributed by atoms with Crippen molar-refractivity contribution in [3.05, 3.63) is 59.4 Å². The van der Waals surface area contributed by atoms with E-state index in [0.717, 1.165) is 21.6 Å². The third-order valence-electron chi connectivity index (χ3n) is 3.99. The summed E-state index contributed by atoms with van der Waals surface area (Å²) < 4.78 is 29.9. The molecule has 3 heterocycles. The molecule has 8 nitrogen and oxygen atoms in total. The Morgan fingerprint density at radius 2 is 1.96 bits per heavy atom. The Kier molecular flexibility index (Phi) is 4.08. The number of amides is 1. The van der Waals surface area contributed by atoms with E-state index in [1.165, 1.54) is 28.4 Å². The minimum absolute atomic E-state index is 0.0638.